The zero-order chi connectivity index (χ0) is 20.1. The number of aliphatic carboxylic acids is 1. The van der Waals surface area contributed by atoms with E-state index in [0.29, 0.717) is 11.4 Å². The van der Waals surface area contributed by atoms with Crippen molar-refractivity contribution in [3.05, 3.63) is 71.9 Å². The fraction of sp³-hybridized carbons (Fsp3) is 0.143. The fourth-order valence-corrected chi connectivity index (χ4v) is 2.85. The van der Waals surface area contributed by atoms with Crippen LogP contribution in [0.25, 0.3) is 10.9 Å². The van der Waals surface area contributed by atoms with Gasteiger partial charge in [0.05, 0.1) is 16.8 Å². The number of fused-ring (bicyclic) bond motifs is 1. The normalized spacial score (nSPS) is 11.6. The second-order valence-electron chi connectivity index (χ2n) is 6.29. The van der Waals surface area contributed by atoms with Crippen molar-refractivity contribution in [2.45, 2.75) is 19.4 Å². The highest BCUT2D eigenvalue weighted by Crippen LogP contribution is 2.16. The molecule has 2 amide bonds. The van der Waals surface area contributed by atoms with E-state index >= 15 is 0 Å². The van der Waals surface area contributed by atoms with Crippen LogP contribution in [0.1, 0.15) is 23.0 Å². The van der Waals surface area contributed by atoms with E-state index in [1.807, 2.05) is 30.3 Å². The lowest BCUT2D eigenvalue weighted by Gasteiger charge is -2.16. The van der Waals surface area contributed by atoms with Gasteiger partial charge < -0.3 is 15.7 Å². The van der Waals surface area contributed by atoms with Gasteiger partial charge >= 0.3 is 5.97 Å². The largest absolute Gasteiger partial charge is 0.480 e. The third kappa shape index (κ3) is 4.50. The second-order valence-corrected chi connectivity index (χ2v) is 6.29. The van der Waals surface area contributed by atoms with Gasteiger partial charge in [-0.2, -0.15) is 0 Å². The van der Waals surface area contributed by atoms with E-state index in [1.54, 1.807) is 24.3 Å². The number of nitrogens with one attached hydrogen (secondary N) is 2. The molecule has 1 atom stereocenters. The Morgan fingerprint density at radius 3 is 2.46 bits per heavy atom. The molecule has 0 saturated carbocycles. The number of aromatic nitrogens is 1. The molecular weight excluding hydrogens is 358 g/mol. The van der Waals surface area contributed by atoms with Crippen molar-refractivity contribution in [3.8, 4) is 0 Å². The lowest BCUT2D eigenvalue weighted by Crippen LogP contribution is -2.42. The Morgan fingerprint density at radius 1 is 1.00 bits per heavy atom. The molecule has 3 rings (SSSR count). The molecule has 0 saturated heterocycles. The van der Waals surface area contributed by atoms with E-state index in [2.05, 4.69) is 15.6 Å². The van der Waals surface area contributed by atoms with Gasteiger partial charge in [0.2, 0.25) is 5.91 Å². The molecule has 3 N–H and O–H groups in total. The Bertz CT molecular complexity index is 1050. The fourth-order valence-electron chi connectivity index (χ4n) is 2.85. The lowest BCUT2D eigenvalue weighted by atomic mass is 10.1. The van der Waals surface area contributed by atoms with E-state index in [1.165, 1.54) is 13.0 Å². The third-order valence-electron chi connectivity index (χ3n) is 4.16. The van der Waals surface area contributed by atoms with E-state index in [4.69, 9.17) is 0 Å². The molecule has 0 aliphatic carbocycles. The van der Waals surface area contributed by atoms with Crippen molar-refractivity contribution < 1.29 is 19.5 Å². The summed E-state index contributed by atoms with van der Waals surface area (Å²) in [5.74, 6) is -2.08. The number of rotatable bonds is 6. The number of carboxylic acid groups (broad SMARTS) is 1. The summed E-state index contributed by atoms with van der Waals surface area (Å²) in [6, 6.07) is 16.4. The average Bonchev–Trinajstić information content (AvgIpc) is 2.67. The summed E-state index contributed by atoms with van der Waals surface area (Å²) >= 11 is 0. The minimum atomic E-state index is -1.17. The van der Waals surface area contributed by atoms with Crippen LogP contribution in [0.15, 0.2) is 60.7 Å². The first-order chi connectivity index (χ1) is 13.4. The summed E-state index contributed by atoms with van der Waals surface area (Å²) in [5, 5.41) is 15.6. The lowest BCUT2D eigenvalue weighted by molar-refractivity contribution is -0.139. The number of anilines is 1. The van der Waals surface area contributed by atoms with Gasteiger partial charge in [-0.3, -0.25) is 14.6 Å². The zero-order valence-corrected chi connectivity index (χ0v) is 15.2. The number of carboxylic acids is 1. The van der Waals surface area contributed by atoms with Crippen molar-refractivity contribution >= 4 is 34.4 Å². The average molecular weight is 377 g/mol. The maximum atomic E-state index is 12.6. The van der Waals surface area contributed by atoms with Crippen molar-refractivity contribution in [2.75, 3.05) is 5.32 Å². The molecule has 1 aromatic heterocycles. The van der Waals surface area contributed by atoms with Crippen LogP contribution in [0.2, 0.25) is 0 Å². The molecule has 0 aliphatic heterocycles. The topological polar surface area (TPSA) is 108 Å². The number of hydrogen-bond donors (Lipinski definition) is 3. The SMILES string of the molecule is CC(=O)Nc1ccccc1C(=O)N[C@@H](Cc1ccc2ccccc2n1)C(=O)O. The number of hydrogen-bond acceptors (Lipinski definition) is 4. The molecule has 0 bridgehead atoms. The van der Waals surface area contributed by atoms with Gasteiger partial charge in [0.25, 0.3) is 5.91 Å². The van der Waals surface area contributed by atoms with Gasteiger partial charge in [-0.05, 0) is 24.3 Å². The molecule has 0 aliphatic rings. The third-order valence-corrected chi connectivity index (χ3v) is 4.16. The van der Waals surface area contributed by atoms with Crippen LogP contribution in [-0.4, -0.2) is 33.9 Å². The van der Waals surface area contributed by atoms with E-state index in [9.17, 15) is 19.5 Å². The molecule has 142 valence electrons. The number of carbonyl (C=O) groups is 3. The van der Waals surface area contributed by atoms with Crippen LogP contribution in [0.5, 0.6) is 0 Å². The van der Waals surface area contributed by atoms with E-state index < -0.39 is 17.9 Å². The first kappa shape index (κ1) is 19.0. The van der Waals surface area contributed by atoms with Crippen LogP contribution in [0.4, 0.5) is 5.69 Å². The van der Waals surface area contributed by atoms with Crippen molar-refractivity contribution in [3.63, 3.8) is 0 Å². The van der Waals surface area contributed by atoms with Gasteiger partial charge in [-0.15, -0.1) is 0 Å². The molecule has 0 unspecified atom stereocenters. The molecule has 3 aromatic rings. The predicted molar refractivity (Wildman–Crippen MR) is 105 cm³/mol. The monoisotopic (exact) mass is 377 g/mol. The second kappa shape index (κ2) is 8.30. The smallest absolute Gasteiger partial charge is 0.326 e. The molecule has 7 heteroatoms. The highest BCUT2D eigenvalue weighted by molar-refractivity contribution is 6.04. The first-order valence-corrected chi connectivity index (χ1v) is 8.69. The standard InChI is InChI=1S/C21H19N3O4/c1-13(25)22-18-9-5-3-7-16(18)20(26)24-19(21(27)28)12-15-11-10-14-6-2-4-8-17(14)23-15/h2-11,19H,12H2,1H3,(H,22,25)(H,24,26)(H,27,28)/t19-/m0/s1. The molecule has 0 spiro atoms. The van der Waals surface area contributed by atoms with Gasteiger partial charge in [0, 0.05) is 24.4 Å². The summed E-state index contributed by atoms with van der Waals surface area (Å²) in [6.45, 7) is 1.33. The summed E-state index contributed by atoms with van der Waals surface area (Å²) in [6.07, 6.45) is 0.0359. The van der Waals surface area contributed by atoms with Gasteiger partial charge in [0.1, 0.15) is 6.04 Å². The number of pyridine rings is 1. The molecule has 0 radical (unpaired) electrons. The van der Waals surface area contributed by atoms with Gasteiger partial charge in [0.15, 0.2) is 0 Å². The Balaban J connectivity index is 1.80. The molecule has 7 nitrogen and oxygen atoms in total. The van der Waals surface area contributed by atoms with Crippen LogP contribution in [0.3, 0.4) is 0 Å². The van der Waals surface area contributed by atoms with Crippen LogP contribution >= 0.6 is 0 Å². The summed E-state index contributed by atoms with van der Waals surface area (Å²) in [4.78, 5) is 40.1. The molecular formula is C21H19N3O4. The Morgan fingerprint density at radius 2 is 1.71 bits per heavy atom. The van der Waals surface area contributed by atoms with Gasteiger partial charge in [-0.25, -0.2) is 4.79 Å². The summed E-state index contributed by atoms with van der Waals surface area (Å²) < 4.78 is 0. The van der Waals surface area contributed by atoms with Crippen LogP contribution in [0, 0.1) is 0 Å². The first-order valence-electron chi connectivity index (χ1n) is 8.69. The minimum absolute atomic E-state index is 0.0359. The Kier molecular flexibility index (Phi) is 5.64. The highest BCUT2D eigenvalue weighted by Gasteiger charge is 2.23. The number of carbonyl (C=O) groups excluding carboxylic acids is 2. The van der Waals surface area contributed by atoms with E-state index in [-0.39, 0.29) is 17.9 Å². The van der Waals surface area contributed by atoms with Crippen LogP contribution in [-0.2, 0) is 16.0 Å². The molecule has 0 fully saturated rings. The molecule has 2 aromatic carbocycles. The Labute approximate surface area is 161 Å². The number of para-hydroxylation sites is 2. The quantitative estimate of drug-likeness (QED) is 0.612. The number of nitrogens with zero attached hydrogens (tertiary/aromatic N) is 1. The number of benzene rings is 2. The van der Waals surface area contributed by atoms with Crippen LogP contribution < -0.4 is 10.6 Å². The Hall–Kier alpha value is -3.74. The molecule has 28 heavy (non-hydrogen) atoms. The summed E-state index contributed by atoms with van der Waals surface area (Å²) in [7, 11) is 0. The minimum Gasteiger partial charge on any atom is -0.480 e. The number of amides is 2. The highest BCUT2D eigenvalue weighted by atomic mass is 16.4. The van der Waals surface area contributed by atoms with E-state index in [0.717, 1.165) is 10.9 Å². The van der Waals surface area contributed by atoms with Gasteiger partial charge in [-0.1, -0.05) is 36.4 Å². The zero-order valence-electron chi connectivity index (χ0n) is 15.2. The van der Waals surface area contributed by atoms with Crippen molar-refractivity contribution in [1.82, 2.24) is 10.3 Å². The maximum Gasteiger partial charge on any atom is 0.326 e. The molecule has 1 heterocycles. The maximum absolute atomic E-state index is 12.6. The van der Waals surface area contributed by atoms with Crippen molar-refractivity contribution in [2.24, 2.45) is 0 Å². The van der Waals surface area contributed by atoms with Crippen molar-refractivity contribution in [1.29, 1.82) is 0 Å². The summed E-state index contributed by atoms with van der Waals surface area (Å²) in [5.41, 5.74) is 1.82. The predicted octanol–water partition coefficient (Wildman–Crippen LogP) is 2.62.